The number of nitrogens with zero attached hydrogens (tertiary/aromatic N) is 1. The van der Waals surface area contributed by atoms with Gasteiger partial charge in [0.1, 0.15) is 6.61 Å². The number of rotatable bonds is 4. The lowest BCUT2D eigenvalue weighted by molar-refractivity contribution is -0.145. The molecule has 2 fully saturated rings. The Bertz CT molecular complexity index is 1230. The Morgan fingerprint density at radius 1 is 0.861 bits per heavy atom. The fourth-order valence-corrected chi connectivity index (χ4v) is 6.89. The van der Waals surface area contributed by atoms with Crippen LogP contribution in [0.2, 0.25) is 0 Å². The minimum absolute atomic E-state index is 0.00510. The normalized spacial score (nSPS) is 24.9. The first-order valence-corrected chi connectivity index (χ1v) is 12.9. The van der Waals surface area contributed by atoms with Crippen molar-refractivity contribution in [2.24, 2.45) is 11.3 Å². The highest BCUT2D eigenvalue weighted by Crippen LogP contribution is 2.51. The molecule has 184 valence electrons. The molecule has 1 heterocycles. The molecule has 3 aromatic carbocycles. The molecular formula is C31H31NO4. The topological polar surface area (TPSA) is 66.8 Å². The lowest BCUT2D eigenvalue weighted by Gasteiger charge is -2.39. The lowest BCUT2D eigenvalue weighted by Crippen LogP contribution is -2.38. The van der Waals surface area contributed by atoms with Crippen molar-refractivity contribution >= 4 is 12.1 Å². The van der Waals surface area contributed by atoms with E-state index < -0.39 is 18.0 Å². The van der Waals surface area contributed by atoms with Crippen molar-refractivity contribution in [1.29, 1.82) is 0 Å². The zero-order chi connectivity index (χ0) is 24.7. The van der Waals surface area contributed by atoms with Crippen LogP contribution in [0, 0.1) is 11.3 Å². The standard InChI is InChI=1S/C31H31NO4/c33-29(34)28-18-32(20-31(28)16-14-22(15-17-31)21-8-2-1-3-9-21)30(35)36-19-27-25-12-6-4-10-23(25)24-11-5-7-13-26(24)27/h1-13,22,27-28H,14-20H2,(H,33,34). The molecule has 0 aromatic heterocycles. The second-order valence-electron chi connectivity index (χ2n) is 10.6. The minimum atomic E-state index is -0.804. The predicted molar refractivity (Wildman–Crippen MR) is 138 cm³/mol. The summed E-state index contributed by atoms with van der Waals surface area (Å²) in [5, 5.41) is 10.1. The van der Waals surface area contributed by atoms with Crippen molar-refractivity contribution in [3.8, 4) is 11.1 Å². The molecule has 0 bridgehead atoms. The fraction of sp³-hybridized carbons (Fsp3) is 0.355. The van der Waals surface area contributed by atoms with Crippen LogP contribution in [0.1, 0.15) is 54.2 Å². The number of aliphatic carboxylic acids is 1. The Hall–Kier alpha value is -3.60. The molecule has 1 N–H and O–H groups in total. The summed E-state index contributed by atoms with van der Waals surface area (Å²) >= 11 is 0. The number of carboxylic acids is 1. The average molecular weight is 482 g/mol. The first-order chi connectivity index (χ1) is 17.6. The molecule has 1 atom stereocenters. The lowest BCUT2D eigenvalue weighted by atomic mass is 9.64. The van der Waals surface area contributed by atoms with Crippen molar-refractivity contribution in [1.82, 2.24) is 4.90 Å². The minimum Gasteiger partial charge on any atom is -0.481 e. The smallest absolute Gasteiger partial charge is 0.409 e. The molecule has 2 aliphatic carbocycles. The van der Waals surface area contributed by atoms with Gasteiger partial charge in [0.15, 0.2) is 0 Å². The SMILES string of the molecule is O=C(O)C1CN(C(=O)OCC2c3ccccc3-c3ccccc32)CC12CCC(c1ccccc1)CC2. The molecule has 1 saturated heterocycles. The van der Waals surface area contributed by atoms with E-state index in [9.17, 15) is 14.7 Å². The van der Waals surface area contributed by atoms with Gasteiger partial charge >= 0.3 is 12.1 Å². The molecule has 36 heavy (non-hydrogen) atoms. The van der Waals surface area contributed by atoms with E-state index in [0.29, 0.717) is 12.5 Å². The van der Waals surface area contributed by atoms with Gasteiger partial charge in [-0.1, -0.05) is 78.9 Å². The van der Waals surface area contributed by atoms with Crippen LogP contribution in [0.15, 0.2) is 78.9 Å². The van der Waals surface area contributed by atoms with Crippen molar-refractivity contribution < 1.29 is 19.4 Å². The molecular weight excluding hydrogens is 450 g/mol. The van der Waals surface area contributed by atoms with Crippen molar-refractivity contribution in [3.63, 3.8) is 0 Å². The van der Waals surface area contributed by atoms with Gasteiger partial charge in [-0.2, -0.15) is 0 Å². The zero-order valence-electron chi connectivity index (χ0n) is 20.3. The largest absolute Gasteiger partial charge is 0.481 e. The molecule has 3 aliphatic rings. The maximum absolute atomic E-state index is 13.2. The Labute approximate surface area is 211 Å². The van der Waals surface area contributed by atoms with Crippen LogP contribution in [0.3, 0.4) is 0 Å². The molecule has 1 spiro atoms. The molecule has 1 aliphatic heterocycles. The van der Waals surface area contributed by atoms with Crippen LogP contribution in [0.5, 0.6) is 0 Å². The monoisotopic (exact) mass is 481 g/mol. The van der Waals surface area contributed by atoms with Crippen molar-refractivity contribution in [2.45, 2.75) is 37.5 Å². The van der Waals surface area contributed by atoms with Crippen molar-refractivity contribution in [2.75, 3.05) is 19.7 Å². The summed E-state index contributed by atoms with van der Waals surface area (Å²) in [6.07, 6.45) is 3.14. The molecule has 1 unspecified atom stereocenters. The van der Waals surface area contributed by atoms with Crippen LogP contribution < -0.4 is 0 Å². The summed E-state index contributed by atoms with van der Waals surface area (Å²) < 4.78 is 5.87. The van der Waals surface area contributed by atoms with E-state index in [-0.39, 0.29) is 24.5 Å². The van der Waals surface area contributed by atoms with Gasteiger partial charge in [-0.15, -0.1) is 0 Å². The number of hydrogen-bond donors (Lipinski definition) is 1. The summed E-state index contributed by atoms with van der Waals surface area (Å²) in [7, 11) is 0. The highest BCUT2D eigenvalue weighted by molar-refractivity contribution is 5.79. The van der Waals surface area contributed by atoms with Crippen LogP contribution >= 0.6 is 0 Å². The molecule has 3 aromatic rings. The van der Waals surface area contributed by atoms with Gasteiger partial charge in [-0.25, -0.2) is 4.79 Å². The van der Waals surface area contributed by atoms with Gasteiger partial charge in [-0.05, 0) is 59.4 Å². The number of amides is 1. The number of hydrogen-bond acceptors (Lipinski definition) is 3. The summed E-state index contributed by atoms with van der Waals surface area (Å²) in [6.45, 7) is 0.939. The van der Waals surface area contributed by atoms with E-state index in [1.54, 1.807) is 4.90 Å². The van der Waals surface area contributed by atoms with E-state index in [1.807, 2.05) is 30.3 Å². The Morgan fingerprint density at radius 2 is 1.44 bits per heavy atom. The third-order valence-corrected chi connectivity index (χ3v) is 8.79. The van der Waals surface area contributed by atoms with Crippen LogP contribution in [-0.4, -0.2) is 41.8 Å². The second-order valence-corrected chi connectivity index (χ2v) is 10.6. The summed E-state index contributed by atoms with van der Waals surface area (Å²) in [5.74, 6) is -0.902. The van der Waals surface area contributed by atoms with E-state index in [2.05, 4.69) is 48.5 Å². The molecule has 1 amide bonds. The third-order valence-electron chi connectivity index (χ3n) is 8.79. The zero-order valence-corrected chi connectivity index (χ0v) is 20.3. The van der Waals surface area contributed by atoms with Crippen molar-refractivity contribution in [3.05, 3.63) is 95.6 Å². The summed E-state index contributed by atoms with van der Waals surface area (Å²) in [6, 6.07) is 27.0. The van der Waals surface area contributed by atoms with E-state index >= 15 is 0 Å². The van der Waals surface area contributed by atoms with E-state index in [4.69, 9.17) is 4.74 Å². The first kappa shape index (κ1) is 22.8. The number of benzene rings is 3. The maximum Gasteiger partial charge on any atom is 0.409 e. The maximum atomic E-state index is 13.2. The Morgan fingerprint density at radius 3 is 2.06 bits per heavy atom. The number of ether oxygens (including phenoxy) is 1. The average Bonchev–Trinajstić information content (AvgIpc) is 3.45. The van der Waals surface area contributed by atoms with Gasteiger partial charge in [0, 0.05) is 24.4 Å². The number of carbonyl (C=O) groups excluding carboxylic acids is 1. The Balaban J connectivity index is 1.15. The van der Waals surface area contributed by atoms with Crippen LogP contribution in [0.25, 0.3) is 11.1 Å². The number of carbonyl (C=O) groups is 2. The van der Waals surface area contributed by atoms with Gasteiger partial charge in [0.25, 0.3) is 0 Å². The third kappa shape index (κ3) is 3.87. The van der Waals surface area contributed by atoms with Gasteiger partial charge < -0.3 is 14.7 Å². The summed E-state index contributed by atoms with van der Waals surface area (Å²) in [4.78, 5) is 27.1. The molecule has 0 radical (unpaired) electrons. The molecule has 5 nitrogen and oxygen atoms in total. The number of carboxylic acid groups (broad SMARTS) is 1. The van der Waals surface area contributed by atoms with Gasteiger partial charge in [0.2, 0.25) is 0 Å². The number of likely N-dealkylation sites (tertiary alicyclic amines) is 1. The summed E-state index contributed by atoms with van der Waals surface area (Å²) in [5.41, 5.74) is 5.68. The molecule has 1 saturated carbocycles. The predicted octanol–water partition coefficient (Wildman–Crippen LogP) is 6.30. The Kier molecular flexibility index (Phi) is 5.79. The highest BCUT2D eigenvalue weighted by Gasteiger charge is 2.53. The fourth-order valence-electron chi connectivity index (χ4n) is 6.89. The van der Waals surface area contributed by atoms with Gasteiger partial charge in [-0.3, -0.25) is 4.79 Å². The van der Waals surface area contributed by atoms with Crippen LogP contribution in [0.4, 0.5) is 4.79 Å². The first-order valence-electron chi connectivity index (χ1n) is 12.9. The molecule has 5 heteroatoms. The number of fused-ring (bicyclic) bond motifs is 3. The van der Waals surface area contributed by atoms with Gasteiger partial charge in [0.05, 0.1) is 5.92 Å². The quantitative estimate of drug-likeness (QED) is 0.475. The second kappa shape index (κ2) is 9.12. The van der Waals surface area contributed by atoms with Crippen LogP contribution in [-0.2, 0) is 9.53 Å². The van der Waals surface area contributed by atoms with E-state index in [0.717, 1.165) is 25.7 Å². The van der Waals surface area contributed by atoms with E-state index in [1.165, 1.54) is 27.8 Å². The highest BCUT2D eigenvalue weighted by atomic mass is 16.6. The molecule has 6 rings (SSSR count).